The Bertz CT molecular complexity index is 679. The van der Waals surface area contributed by atoms with Crippen molar-refractivity contribution >= 4 is 11.5 Å². The van der Waals surface area contributed by atoms with Crippen molar-refractivity contribution in [3.05, 3.63) is 53.1 Å². The van der Waals surface area contributed by atoms with Crippen molar-refractivity contribution < 1.29 is 14.3 Å². The van der Waals surface area contributed by atoms with E-state index in [0.717, 1.165) is 5.56 Å². The van der Waals surface area contributed by atoms with Gasteiger partial charge in [0.05, 0.1) is 0 Å². The Balaban J connectivity index is 2.00. The summed E-state index contributed by atoms with van der Waals surface area (Å²) >= 11 is 0. The molecule has 2 aromatic carbocycles. The van der Waals surface area contributed by atoms with Crippen molar-refractivity contribution in [1.29, 1.82) is 0 Å². The van der Waals surface area contributed by atoms with Gasteiger partial charge in [0.25, 0.3) is 0 Å². The fourth-order valence-corrected chi connectivity index (χ4v) is 2.22. The van der Waals surface area contributed by atoms with Crippen LogP contribution >= 0.6 is 0 Å². The zero-order chi connectivity index (χ0) is 14.1. The Hall–Kier alpha value is -2.49. The Kier molecular flexibility index (Phi) is 3.06. The lowest BCUT2D eigenvalue weighted by Gasteiger charge is -2.18. The Morgan fingerprint density at radius 3 is 2.60 bits per heavy atom. The number of benzene rings is 2. The van der Waals surface area contributed by atoms with Crippen molar-refractivity contribution in [3.8, 4) is 11.5 Å². The molecule has 1 aliphatic rings. The van der Waals surface area contributed by atoms with Crippen molar-refractivity contribution in [1.82, 2.24) is 0 Å². The number of ether oxygens (including phenoxy) is 2. The third kappa shape index (κ3) is 2.20. The number of nitrogen functional groups attached to an aromatic ring is 1. The van der Waals surface area contributed by atoms with Crippen molar-refractivity contribution in [2.75, 3.05) is 18.9 Å². The Morgan fingerprint density at radius 1 is 1.05 bits per heavy atom. The molecule has 0 spiro atoms. The summed E-state index contributed by atoms with van der Waals surface area (Å²) in [4.78, 5) is 12.6. The third-order valence-corrected chi connectivity index (χ3v) is 3.31. The van der Waals surface area contributed by atoms with Crippen LogP contribution in [0.3, 0.4) is 0 Å². The molecule has 3 rings (SSSR count). The van der Waals surface area contributed by atoms with Gasteiger partial charge in [-0.2, -0.15) is 0 Å². The monoisotopic (exact) mass is 269 g/mol. The van der Waals surface area contributed by atoms with Gasteiger partial charge in [-0.15, -0.1) is 0 Å². The van der Waals surface area contributed by atoms with Crippen LogP contribution in [0.15, 0.2) is 36.4 Å². The van der Waals surface area contributed by atoms with E-state index in [1.807, 2.05) is 13.0 Å². The molecule has 4 heteroatoms. The van der Waals surface area contributed by atoms with Crippen molar-refractivity contribution in [2.24, 2.45) is 0 Å². The molecule has 0 radical (unpaired) electrons. The van der Waals surface area contributed by atoms with Gasteiger partial charge in [0.2, 0.25) is 0 Å². The normalized spacial score (nSPS) is 13.1. The second-order valence-electron chi connectivity index (χ2n) is 4.76. The Labute approximate surface area is 117 Å². The number of ketones is 1. The molecule has 0 bridgehead atoms. The summed E-state index contributed by atoms with van der Waals surface area (Å²) in [6.45, 7) is 2.93. The smallest absolute Gasteiger partial charge is 0.193 e. The molecule has 1 heterocycles. The summed E-state index contributed by atoms with van der Waals surface area (Å²) in [6, 6.07) is 10.6. The van der Waals surface area contributed by atoms with Crippen LogP contribution in [0, 0.1) is 6.92 Å². The van der Waals surface area contributed by atoms with E-state index >= 15 is 0 Å². The summed E-state index contributed by atoms with van der Waals surface area (Å²) in [5.74, 6) is 1.23. The number of carbonyl (C=O) groups is 1. The van der Waals surface area contributed by atoms with E-state index in [1.54, 1.807) is 30.3 Å². The summed E-state index contributed by atoms with van der Waals surface area (Å²) in [5, 5.41) is 0. The van der Waals surface area contributed by atoms with Gasteiger partial charge in [0.15, 0.2) is 17.3 Å². The fourth-order valence-electron chi connectivity index (χ4n) is 2.22. The first-order chi connectivity index (χ1) is 9.65. The summed E-state index contributed by atoms with van der Waals surface area (Å²) in [5.41, 5.74) is 8.42. The van der Waals surface area contributed by atoms with Crippen molar-refractivity contribution in [3.63, 3.8) is 0 Å². The van der Waals surface area contributed by atoms with Crippen LogP contribution in [-0.2, 0) is 0 Å². The number of fused-ring (bicyclic) bond motifs is 1. The molecule has 102 valence electrons. The largest absolute Gasteiger partial charge is 0.486 e. The molecule has 0 aliphatic carbocycles. The second-order valence-corrected chi connectivity index (χ2v) is 4.76. The number of nitrogens with two attached hydrogens (primary N) is 1. The molecule has 2 N–H and O–H groups in total. The van der Waals surface area contributed by atoms with Crippen LogP contribution in [0.5, 0.6) is 11.5 Å². The highest BCUT2D eigenvalue weighted by molar-refractivity contribution is 6.10. The van der Waals surface area contributed by atoms with E-state index in [1.165, 1.54) is 0 Å². The molecule has 0 unspecified atom stereocenters. The highest BCUT2D eigenvalue weighted by Crippen LogP contribution is 2.31. The van der Waals surface area contributed by atoms with Crippen molar-refractivity contribution in [2.45, 2.75) is 6.92 Å². The van der Waals surface area contributed by atoms with Gasteiger partial charge in [-0.1, -0.05) is 6.07 Å². The highest BCUT2D eigenvalue weighted by Gasteiger charge is 2.17. The van der Waals surface area contributed by atoms with Gasteiger partial charge in [-0.3, -0.25) is 4.79 Å². The van der Waals surface area contributed by atoms with Crippen LogP contribution in [0.25, 0.3) is 0 Å². The maximum absolute atomic E-state index is 12.6. The minimum absolute atomic E-state index is 0.0632. The lowest BCUT2D eigenvalue weighted by Crippen LogP contribution is -2.16. The first-order valence-corrected chi connectivity index (χ1v) is 6.45. The van der Waals surface area contributed by atoms with Crippen LogP contribution < -0.4 is 15.2 Å². The SMILES string of the molecule is Cc1ccc(N)cc1C(=O)c1ccc2c(c1)OCCO2. The predicted molar refractivity (Wildman–Crippen MR) is 76.5 cm³/mol. The first kappa shape index (κ1) is 12.5. The third-order valence-electron chi connectivity index (χ3n) is 3.31. The quantitative estimate of drug-likeness (QED) is 0.672. The summed E-state index contributed by atoms with van der Waals surface area (Å²) < 4.78 is 11.0. The molecule has 0 saturated carbocycles. The van der Waals surface area contributed by atoms with Gasteiger partial charge in [-0.25, -0.2) is 0 Å². The number of hydrogen-bond donors (Lipinski definition) is 1. The van der Waals surface area contributed by atoms with E-state index in [-0.39, 0.29) is 5.78 Å². The van der Waals surface area contributed by atoms with Crippen LogP contribution in [-0.4, -0.2) is 19.0 Å². The second kappa shape index (κ2) is 4.89. The van der Waals surface area contributed by atoms with Gasteiger partial charge in [-0.05, 0) is 42.8 Å². The molecule has 20 heavy (non-hydrogen) atoms. The lowest BCUT2D eigenvalue weighted by atomic mass is 9.98. The van der Waals surface area contributed by atoms with Gasteiger partial charge in [0, 0.05) is 16.8 Å². The standard InChI is InChI=1S/C16H15NO3/c1-10-2-4-12(17)9-13(10)16(18)11-3-5-14-15(8-11)20-7-6-19-14/h2-5,8-9H,6-7,17H2,1H3. The van der Waals surface area contributed by atoms with E-state index in [9.17, 15) is 4.79 Å². The average molecular weight is 269 g/mol. The molecule has 1 aliphatic heterocycles. The summed E-state index contributed by atoms with van der Waals surface area (Å²) in [7, 11) is 0. The molecular formula is C16H15NO3. The van der Waals surface area contributed by atoms with Crippen LogP contribution in [0.1, 0.15) is 21.5 Å². The van der Waals surface area contributed by atoms with E-state index in [0.29, 0.717) is 41.5 Å². The molecule has 2 aromatic rings. The van der Waals surface area contributed by atoms with Gasteiger partial charge < -0.3 is 15.2 Å². The topological polar surface area (TPSA) is 61.6 Å². The highest BCUT2D eigenvalue weighted by atomic mass is 16.6. The van der Waals surface area contributed by atoms with Gasteiger partial charge in [0.1, 0.15) is 13.2 Å². The first-order valence-electron chi connectivity index (χ1n) is 6.45. The zero-order valence-electron chi connectivity index (χ0n) is 11.2. The van der Waals surface area contributed by atoms with Crippen LogP contribution in [0.2, 0.25) is 0 Å². The Morgan fingerprint density at radius 2 is 1.80 bits per heavy atom. The van der Waals surface area contributed by atoms with Gasteiger partial charge >= 0.3 is 0 Å². The molecule has 0 fully saturated rings. The molecule has 0 atom stereocenters. The number of aryl methyl sites for hydroxylation is 1. The minimum atomic E-state index is -0.0632. The number of rotatable bonds is 2. The van der Waals surface area contributed by atoms with Crippen LogP contribution in [0.4, 0.5) is 5.69 Å². The van der Waals surface area contributed by atoms with E-state index in [4.69, 9.17) is 15.2 Å². The molecular weight excluding hydrogens is 254 g/mol. The number of anilines is 1. The molecule has 0 aromatic heterocycles. The maximum atomic E-state index is 12.6. The zero-order valence-corrected chi connectivity index (χ0v) is 11.2. The fraction of sp³-hybridized carbons (Fsp3) is 0.188. The maximum Gasteiger partial charge on any atom is 0.193 e. The molecule has 0 saturated heterocycles. The summed E-state index contributed by atoms with van der Waals surface area (Å²) in [6.07, 6.45) is 0. The number of carbonyl (C=O) groups excluding carboxylic acids is 1. The number of hydrogen-bond acceptors (Lipinski definition) is 4. The average Bonchev–Trinajstić information content (AvgIpc) is 2.48. The minimum Gasteiger partial charge on any atom is -0.486 e. The van der Waals surface area contributed by atoms with E-state index < -0.39 is 0 Å². The lowest BCUT2D eigenvalue weighted by molar-refractivity contribution is 0.103. The molecule has 4 nitrogen and oxygen atoms in total. The predicted octanol–water partition coefficient (Wildman–Crippen LogP) is 2.58. The van der Waals surface area contributed by atoms with E-state index in [2.05, 4.69) is 0 Å². The molecule has 0 amide bonds.